The zero-order valence-corrected chi connectivity index (χ0v) is 12.0. The highest BCUT2D eigenvalue weighted by molar-refractivity contribution is 6.09. The molecule has 3 aromatic rings. The highest BCUT2D eigenvalue weighted by atomic mass is 15.4. The second kappa shape index (κ2) is 4.31. The van der Waals surface area contributed by atoms with Crippen LogP contribution >= 0.6 is 0 Å². The third kappa shape index (κ3) is 1.46. The van der Waals surface area contributed by atoms with Crippen LogP contribution in [0.2, 0.25) is 0 Å². The first kappa shape index (κ1) is 11.7. The highest BCUT2D eigenvalue weighted by Crippen LogP contribution is 2.39. The predicted octanol–water partition coefficient (Wildman–Crippen LogP) is 3.25. The summed E-state index contributed by atoms with van der Waals surface area (Å²) in [7, 11) is 0. The minimum Gasteiger partial charge on any atom is -0.309 e. The molecular weight excluding hydrogens is 272 g/mol. The molecule has 0 amide bonds. The molecule has 2 aliphatic rings. The highest BCUT2D eigenvalue weighted by Gasteiger charge is 2.32. The molecule has 4 heteroatoms. The molecule has 0 radical (unpaired) electrons. The Balaban J connectivity index is 1.82. The van der Waals surface area contributed by atoms with Crippen LogP contribution < -0.4 is 4.90 Å². The molecule has 0 fully saturated rings. The van der Waals surface area contributed by atoms with E-state index in [9.17, 15) is 0 Å². The van der Waals surface area contributed by atoms with Crippen LogP contribution in [0.3, 0.4) is 0 Å². The van der Waals surface area contributed by atoms with Crippen molar-refractivity contribution in [3.63, 3.8) is 0 Å². The van der Waals surface area contributed by atoms with Crippen LogP contribution in [0.25, 0.3) is 22.6 Å². The van der Waals surface area contributed by atoms with E-state index < -0.39 is 0 Å². The summed E-state index contributed by atoms with van der Waals surface area (Å²) < 4.78 is 2.19. The topological polar surface area (TPSA) is 33.4 Å². The number of nitrogens with zero attached hydrogens (tertiary/aromatic N) is 4. The average molecular weight is 286 g/mol. The molecular formula is C18H14N4. The minimum atomic E-state index is 0.829. The van der Waals surface area contributed by atoms with Gasteiger partial charge in [-0.25, -0.2) is 4.98 Å². The van der Waals surface area contributed by atoms with E-state index in [0.717, 1.165) is 36.1 Å². The molecule has 0 N–H and O–H groups in total. The third-order valence-electron chi connectivity index (χ3n) is 4.28. The number of para-hydroxylation sites is 1. The summed E-state index contributed by atoms with van der Waals surface area (Å²) in [6, 6.07) is 18.8. The van der Waals surface area contributed by atoms with Crippen molar-refractivity contribution in [2.24, 2.45) is 4.99 Å². The second-order valence-electron chi connectivity index (χ2n) is 5.52. The van der Waals surface area contributed by atoms with E-state index in [0.29, 0.717) is 0 Å². The zero-order chi connectivity index (χ0) is 14.5. The van der Waals surface area contributed by atoms with Crippen LogP contribution in [0, 0.1) is 0 Å². The summed E-state index contributed by atoms with van der Waals surface area (Å²) in [5.74, 6) is 1.95. The maximum Gasteiger partial charge on any atom is 0.211 e. The van der Waals surface area contributed by atoms with Crippen molar-refractivity contribution >= 4 is 11.6 Å². The lowest BCUT2D eigenvalue weighted by Gasteiger charge is -2.30. The van der Waals surface area contributed by atoms with Gasteiger partial charge in [-0.05, 0) is 6.07 Å². The van der Waals surface area contributed by atoms with Crippen LogP contribution in [-0.2, 0) is 0 Å². The molecule has 0 bridgehead atoms. The number of aromatic nitrogens is 2. The number of anilines is 1. The first-order valence-corrected chi connectivity index (χ1v) is 7.48. The van der Waals surface area contributed by atoms with Gasteiger partial charge < -0.3 is 4.90 Å². The van der Waals surface area contributed by atoms with Crippen LogP contribution in [0.5, 0.6) is 0 Å². The van der Waals surface area contributed by atoms with Crippen molar-refractivity contribution in [1.29, 1.82) is 0 Å². The molecule has 1 aromatic heterocycles. The Kier molecular flexibility index (Phi) is 2.30. The number of benzene rings is 2. The van der Waals surface area contributed by atoms with E-state index in [1.165, 1.54) is 11.3 Å². The van der Waals surface area contributed by atoms with Crippen molar-refractivity contribution in [1.82, 2.24) is 9.55 Å². The first-order chi connectivity index (χ1) is 10.9. The predicted molar refractivity (Wildman–Crippen MR) is 88.1 cm³/mol. The largest absolute Gasteiger partial charge is 0.309 e. The summed E-state index contributed by atoms with van der Waals surface area (Å²) in [6.45, 7) is 1.76. The smallest absolute Gasteiger partial charge is 0.211 e. The summed E-state index contributed by atoms with van der Waals surface area (Å²) in [5, 5.41) is 0. The monoisotopic (exact) mass is 286 g/mol. The lowest BCUT2D eigenvalue weighted by molar-refractivity contribution is 0.998. The quantitative estimate of drug-likeness (QED) is 0.688. The number of hydrogen-bond acceptors (Lipinski definition) is 3. The Morgan fingerprint density at radius 1 is 0.909 bits per heavy atom. The molecule has 0 atom stereocenters. The average Bonchev–Trinajstić information content (AvgIpc) is 3.22. The maximum atomic E-state index is 4.72. The molecule has 0 spiro atoms. The molecule has 2 aliphatic heterocycles. The minimum absolute atomic E-state index is 0.829. The normalized spacial score (nSPS) is 15.1. The molecule has 0 unspecified atom stereocenters. The van der Waals surface area contributed by atoms with Gasteiger partial charge in [-0.15, -0.1) is 0 Å². The Morgan fingerprint density at radius 3 is 2.64 bits per heavy atom. The lowest BCUT2D eigenvalue weighted by Crippen LogP contribution is -2.36. The van der Waals surface area contributed by atoms with Crippen LogP contribution in [0.15, 0.2) is 65.8 Å². The van der Waals surface area contributed by atoms with E-state index in [-0.39, 0.29) is 0 Å². The molecule has 5 rings (SSSR count). The van der Waals surface area contributed by atoms with Gasteiger partial charge in [-0.3, -0.25) is 9.56 Å². The van der Waals surface area contributed by atoms with Crippen molar-refractivity contribution in [2.75, 3.05) is 18.0 Å². The van der Waals surface area contributed by atoms with Gasteiger partial charge in [0.2, 0.25) is 5.96 Å². The van der Waals surface area contributed by atoms with Crippen molar-refractivity contribution in [3.05, 3.63) is 60.8 Å². The van der Waals surface area contributed by atoms with Gasteiger partial charge in [-0.1, -0.05) is 48.5 Å². The molecule has 0 saturated heterocycles. The number of rotatable bonds is 1. The van der Waals surface area contributed by atoms with Crippen LogP contribution in [0.1, 0.15) is 0 Å². The number of imidazole rings is 1. The summed E-state index contributed by atoms with van der Waals surface area (Å²) >= 11 is 0. The number of fused-ring (bicyclic) bond motifs is 6. The summed E-state index contributed by atoms with van der Waals surface area (Å²) in [6.07, 6.45) is 1.96. The van der Waals surface area contributed by atoms with Gasteiger partial charge in [0, 0.05) is 17.7 Å². The maximum absolute atomic E-state index is 4.72. The Bertz CT molecular complexity index is 879. The molecule has 0 aliphatic carbocycles. The number of hydrogen-bond donors (Lipinski definition) is 0. The van der Waals surface area contributed by atoms with Crippen molar-refractivity contribution < 1.29 is 0 Å². The van der Waals surface area contributed by atoms with Crippen molar-refractivity contribution in [3.8, 4) is 22.6 Å². The van der Waals surface area contributed by atoms with E-state index in [4.69, 9.17) is 4.99 Å². The molecule has 0 saturated carbocycles. The van der Waals surface area contributed by atoms with Crippen LogP contribution in [0.4, 0.5) is 5.69 Å². The van der Waals surface area contributed by atoms with Gasteiger partial charge in [0.25, 0.3) is 0 Å². The number of aliphatic imine (C=N–C) groups is 1. The molecule has 3 heterocycles. The van der Waals surface area contributed by atoms with Crippen molar-refractivity contribution in [2.45, 2.75) is 0 Å². The fourth-order valence-corrected chi connectivity index (χ4v) is 3.32. The van der Waals surface area contributed by atoms with Gasteiger partial charge in [0.05, 0.1) is 24.1 Å². The SMILES string of the molecule is c1ccc(-c2ncc3n2C2=NCCN2c2ccccc2-3)cc1. The third-order valence-corrected chi connectivity index (χ3v) is 4.28. The van der Waals surface area contributed by atoms with E-state index in [1.54, 1.807) is 0 Å². The second-order valence-corrected chi connectivity index (χ2v) is 5.52. The van der Waals surface area contributed by atoms with E-state index in [2.05, 4.69) is 50.8 Å². The molecule has 22 heavy (non-hydrogen) atoms. The lowest BCUT2D eigenvalue weighted by atomic mass is 10.1. The summed E-state index contributed by atoms with van der Waals surface area (Å²) in [5.41, 5.74) is 4.68. The van der Waals surface area contributed by atoms with Gasteiger partial charge >= 0.3 is 0 Å². The Labute approximate surface area is 128 Å². The fraction of sp³-hybridized carbons (Fsp3) is 0.111. The zero-order valence-electron chi connectivity index (χ0n) is 12.0. The van der Waals surface area contributed by atoms with Gasteiger partial charge in [0.1, 0.15) is 5.82 Å². The van der Waals surface area contributed by atoms with Gasteiger partial charge in [0.15, 0.2) is 0 Å². The van der Waals surface area contributed by atoms with E-state index in [1.807, 2.05) is 24.4 Å². The Morgan fingerprint density at radius 2 is 1.73 bits per heavy atom. The van der Waals surface area contributed by atoms with Crippen LogP contribution in [-0.4, -0.2) is 28.6 Å². The molecule has 2 aromatic carbocycles. The molecule has 106 valence electrons. The Hall–Kier alpha value is -2.88. The standard InChI is InChI=1S/C18H14N4/c1-2-6-13(7-3-1)17-20-12-16-14-8-4-5-9-15(14)21-11-10-19-18(21)22(16)17/h1-9,12H,10-11H2. The molecule has 4 nitrogen and oxygen atoms in total. The first-order valence-electron chi connectivity index (χ1n) is 7.48. The van der Waals surface area contributed by atoms with E-state index >= 15 is 0 Å². The fourth-order valence-electron chi connectivity index (χ4n) is 3.32. The van der Waals surface area contributed by atoms with Gasteiger partial charge in [-0.2, -0.15) is 0 Å². The summed E-state index contributed by atoms with van der Waals surface area (Å²) in [4.78, 5) is 11.7.